The Balaban J connectivity index is 2.35. The molecule has 1 N–H and O–H groups in total. The van der Waals surface area contributed by atoms with Crippen molar-refractivity contribution in [2.45, 2.75) is 23.7 Å². The summed E-state index contributed by atoms with van der Waals surface area (Å²) in [7, 11) is -3.61. The van der Waals surface area contributed by atoms with E-state index in [-0.39, 0.29) is 6.42 Å². The maximum absolute atomic E-state index is 11.9. The first-order valence-corrected chi connectivity index (χ1v) is 9.28. The molecule has 2 aromatic rings. The number of sulfone groups is 1. The molecule has 0 aromatic heterocycles. The number of hydrogen-bond acceptors (Lipinski definition) is 3. The number of aliphatic hydroxyl groups is 1. The predicted octanol–water partition coefficient (Wildman–Crippen LogP) is 3.78. The van der Waals surface area contributed by atoms with Gasteiger partial charge in [0, 0.05) is 6.26 Å². The summed E-state index contributed by atoms with van der Waals surface area (Å²) in [4.78, 5) is 0. The average molecular weight is 339 g/mol. The highest BCUT2D eigenvalue weighted by atomic mass is 35.5. The Morgan fingerprint density at radius 3 is 2.00 bits per heavy atom. The van der Waals surface area contributed by atoms with Crippen LogP contribution in [0.5, 0.6) is 0 Å². The smallest absolute Gasteiger partial charge is 0.174 e. The normalized spacial score (nSPS) is 16.0. The van der Waals surface area contributed by atoms with Crippen LogP contribution in [0.2, 0.25) is 0 Å². The number of alkyl halides is 1. The Kier molecular flexibility index (Phi) is 4.95. The summed E-state index contributed by atoms with van der Waals surface area (Å²) in [5.74, 6) is 0. The van der Waals surface area contributed by atoms with Crippen LogP contribution < -0.4 is 0 Å². The summed E-state index contributed by atoms with van der Waals surface area (Å²) in [6, 6.07) is 16.9. The van der Waals surface area contributed by atoms with Crippen LogP contribution in [0.4, 0.5) is 0 Å². The lowest BCUT2D eigenvalue weighted by Crippen LogP contribution is -2.37. The summed E-state index contributed by atoms with van der Waals surface area (Å²) in [5, 5.41) is 10.4. The van der Waals surface area contributed by atoms with Crippen LogP contribution in [-0.4, -0.2) is 24.0 Å². The van der Waals surface area contributed by atoms with Crippen molar-refractivity contribution in [3.8, 4) is 11.1 Å². The molecule has 5 heteroatoms. The molecule has 3 nitrogen and oxygen atoms in total. The highest BCUT2D eigenvalue weighted by Gasteiger charge is 2.44. The second kappa shape index (κ2) is 6.41. The van der Waals surface area contributed by atoms with Gasteiger partial charge in [0.25, 0.3) is 0 Å². The molecule has 0 aliphatic rings. The number of hydrogen-bond donors (Lipinski definition) is 1. The minimum Gasteiger partial charge on any atom is -0.385 e. The molecule has 0 saturated carbocycles. The monoisotopic (exact) mass is 338 g/mol. The lowest BCUT2D eigenvalue weighted by molar-refractivity contribution is 0.155. The number of benzene rings is 2. The fourth-order valence-corrected chi connectivity index (χ4v) is 3.59. The molecule has 2 aromatic carbocycles. The molecule has 0 spiro atoms. The van der Waals surface area contributed by atoms with Crippen molar-refractivity contribution in [3.63, 3.8) is 0 Å². The highest BCUT2D eigenvalue weighted by molar-refractivity contribution is 7.93. The lowest BCUT2D eigenvalue weighted by Gasteiger charge is -2.29. The van der Waals surface area contributed by atoms with Gasteiger partial charge in [-0.3, -0.25) is 0 Å². The van der Waals surface area contributed by atoms with Gasteiger partial charge in [-0.25, -0.2) is 8.42 Å². The molecule has 0 radical (unpaired) electrons. The summed E-state index contributed by atoms with van der Waals surface area (Å²) < 4.78 is 22.1. The van der Waals surface area contributed by atoms with Gasteiger partial charge in [0.05, 0.1) is 0 Å². The Labute approximate surface area is 136 Å². The van der Waals surface area contributed by atoms with E-state index in [1.54, 1.807) is 19.1 Å². The fraction of sp³-hybridized carbons (Fsp3) is 0.294. The first-order chi connectivity index (χ1) is 10.3. The lowest BCUT2D eigenvalue weighted by atomic mass is 9.99. The van der Waals surface area contributed by atoms with E-state index in [9.17, 15) is 13.5 Å². The standard InChI is InChI=1S/C17H19ClO3S/c1-3-17(18,22(2,20)21)16(19)15-11-9-14(10-12-15)13-7-5-4-6-8-13/h4-12,16,19H,3H2,1-2H3. The van der Waals surface area contributed by atoms with Crippen molar-refractivity contribution >= 4 is 21.4 Å². The van der Waals surface area contributed by atoms with E-state index in [0.29, 0.717) is 5.56 Å². The van der Waals surface area contributed by atoms with Crippen molar-refractivity contribution in [2.24, 2.45) is 0 Å². The minimum absolute atomic E-state index is 0.120. The van der Waals surface area contributed by atoms with Gasteiger partial charge in [0.15, 0.2) is 14.0 Å². The van der Waals surface area contributed by atoms with Gasteiger partial charge in [-0.05, 0) is 23.1 Å². The van der Waals surface area contributed by atoms with Crippen LogP contribution in [0.1, 0.15) is 25.0 Å². The van der Waals surface area contributed by atoms with Gasteiger partial charge in [0.2, 0.25) is 0 Å². The Bertz CT molecular complexity index is 726. The third kappa shape index (κ3) is 3.19. The average Bonchev–Trinajstić information content (AvgIpc) is 2.53. The first kappa shape index (κ1) is 17.0. The number of rotatable bonds is 5. The Morgan fingerprint density at radius 2 is 1.55 bits per heavy atom. The second-order valence-electron chi connectivity index (χ2n) is 5.30. The highest BCUT2D eigenvalue weighted by Crippen LogP contribution is 2.39. The van der Waals surface area contributed by atoms with Gasteiger partial charge < -0.3 is 5.11 Å². The zero-order valence-electron chi connectivity index (χ0n) is 12.5. The molecule has 22 heavy (non-hydrogen) atoms. The third-order valence-electron chi connectivity index (χ3n) is 3.84. The quantitative estimate of drug-likeness (QED) is 0.844. The molecular formula is C17H19ClO3S. The zero-order chi connectivity index (χ0) is 16.4. The predicted molar refractivity (Wildman–Crippen MR) is 90.6 cm³/mol. The van der Waals surface area contributed by atoms with E-state index in [1.807, 2.05) is 42.5 Å². The van der Waals surface area contributed by atoms with Crippen LogP contribution >= 0.6 is 11.6 Å². The van der Waals surface area contributed by atoms with E-state index in [2.05, 4.69) is 0 Å². The molecule has 0 bridgehead atoms. The minimum atomic E-state index is -3.61. The van der Waals surface area contributed by atoms with Gasteiger partial charge >= 0.3 is 0 Å². The van der Waals surface area contributed by atoms with Crippen molar-refractivity contribution < 1.29 is 13.5 Å². The van der Waals surface area contributed by atoms with Crippen LogP contribution in [0.25, 0.3) is 11.1 Å². The summed E-state index contributed by atoms with van der Waals surface area (Å²) in [5.41, 5.74) is 2.54. The van der Waals surface area contributed by atoms with E-state index >= 15 is 0 Å². The second-order valence-corrected chi connectivity index (χ2v) is 8.47. The third-order valence-corrected chi connectivity index (χ3v) is 6.90. The molecule has 0 fully saturated rings. The topological polar surface area (TPSA) is 54.4 Å². The SMILES string of the molecule is CCC(Cl)(C(O)c1ccc(-c2ccccc2)cc1)S(C)(=O)=O. The number of halogens is 1. The summed E-state index contributed by atoms with van der Waals surface area (Å²) >= 11 is 6.20. The van der Waals surface area contributed by atoms with Crippen molar-refractivity contribution in [1.82, 2.24) is 0 Å². The van der Waals surface area contributed by atoms with Gasteiger partial charge in [-0.2, -0.15) is 0 Å². The van der Waals surface area contributed by atoms with E-state index in [0.717, 1.165) is 17.4 Å². The van der Waals surface area contributed by atoms with Gasteiger partial charge in [0.1, 0.15) is 6.10 Å². The Morgan fingerprint density at radius 1 is 1.05 bits per heavy atom. The largest absolute Gasteiger partial charge is 0.385 e. The van der Waals surface area contributed by atoms with Gasteiger partial charge in [-0.15, -0.1) is 0 Å². The van der Waals surface area contributed by atoms with Crippen molar-refractivity contribution in [1.29, 1.82) is 0 Å². The van der Waals surface area contributed by atoms with Crippen LogP contribution in [0, 0.1) is 0 Å². The van der Waals surface area contributed by atoms with Gasteiger partial charge in [-0.1, -0.05) is 73.1 Å². The molecule has 2 atom stereocenters. The van der Waals surface area contributed by atoms with Crippen molar-refractivity contribution in [3.05, 3.63) is 60.2 Å². The number of aliphatic hydroxyl groups excluding tert-OH is 1. The molecule has 2 unspecified atom stereocenters. The van der Waals surface area contributed by atoms with Crippen molar-refractivity contribution in [2.75, 3.05) is 6.26 Å². The maximum atomic E-state index is 11.9. The molecule has 118 valence electrons. The molecule has 0 amide bonds. The zero-order valence-corrected chi connectivity index (χ0v) is 14.1. The van der Waals surface area contributed by atoms with E-state index < -0.39 is 20.1 Å². The maximum Gasteiger partial charge on any atom is 0.174 e. The molecule has 0 saturated heterocycles. The molecular weight excluding hydrogens is 320 g/mol. The Hall–Kier alpha value is -1.36. The molecule has 2 rings (SSSR count). The fourth-order valence-electron chi connectivity index (χ4n) is 2.40. The van der Waals surface area contributed by atoms with Crippen LogP contribution in [0.3, 0.4) is 0 Å². The first-order valence-electron chi connectivity index (χ1n) is 7.01. The molecule has 0 aliphatic carbocycles. The molecule has 0 aliphatic heterocycles. The van der Waals surface area contributed by atoms with E-state index in [1.165, 1.54) is 0 Å². The van der Waals surface area contributed by atoms with Crippen LogP contribution in [-0.2, 0) is 9.84 Å². The van der Waals surface area contributed by atoms with E-state index in [4.69, 9.17) is 11.6 Å². The van der Waals surface area contributed by atoms with Crippen LogP contribution in [0.15, 0.2) is 54.6 Å². The summed E-state index contributed by atoms with van der Waals surface area (Å²) in [6.07, 6.45) is -0.112. The molecule has 0 heterocycles. The summed E-state index contributed by atoms with van der Waals surface area (Å²) in [6.45, 7) is 1.65.